The van der Waals surface area contributed by atoms with Crippen LogP contribution in [0.15, 0.2) is 42.6 Å². The minimum absolute atomic E-state index is 0.00548. The van der Waals surface area contributed by atoms with Crippen LogP contribution in [0.4, 0.5) is 8.78 Å². The van der Waals surface area contributed by atoms with Gasteiger partial charge in [0.1, 0.15) is 17.0 Å². The summed E-state index contributed by atoms with van der Waals surface area (Å²) in [5.41, 5.74) is 5.89. The Labute approximate surface area is 256 Å². The lowest BCUT2D eigenvalue weighted by Gasteiger charge is -2.30. The second kappa shape index (κ2) is 12.0. The number of carbonyl (C=O) groups excluding carboxylic acids is 2. The summed E-state index contributed by atoms with van der Waals surface area (Å²) in [6, 6.07) is 8.64. The average Bonchev–Trinajstić information content (AvgIpc) is 3.81. The maximum Gasteiger partial charge on any atom is 0.251 e. The number of aryl methyl sites for hydroxylation is 1. The molecule has 1 atom stereocenters. The van der Waals surface area contributed by atoms with E-state index in [9.17, 15) is 23.5 Å². The molecule has 0 spiro atoms. The molecule has 2 aromatic carbocycles. The van der Waals surface area contributed by atoms with Crippen LogP contribution in [0.25, 0.3) is 22.2 Å². The van der Waals surface area contributed by atoms with E-state index in [2.05, 4.69) is 15.3 Å². The van der Waals surface area contributed by atoms with Gasteiger partial charge in [0.05, 0.1) is 40.8 Å². The molecule has 0 radical (unpaired) electrons. The molecular weight excluding hydrogens is 601 g/mol. The van der Waals surface area contributed by atoms with Crippen molar-refractivity contribution in [3.05, 3.63) is 86.7 Å². The second-order valence-corrected chi connectivity index (χ2v) is 11.4. The summed E-state index contributed by atoms with van der Waals surface area (Å²) >= 11 is 12.6. The molecule has 0 saturated heterocycles. The zero-order chi connectivity index (χ0) is 31.1. The first-order valence-electron chi connectivity index (χ1n) is 13.6. The first kappa shape index (κ1) is 30.6. The topological polar surface area (TPSA) is 127 Å². The number of benzene rings is 2. The molecule has 224 valence electrons. The lowest BCUT2D eigenvalue weighted by atomic mass is 9.90. The van der Waals surface area contributed by atoms with E-state index in [4.69, 9.17) is 33.7 Å². The van der Waals surface area contributed by atoms with Gasteiger partial charge < -0.3 is 20.9 Å². The molecule has 0 unspecified atom stereocenters. The smallest absolute Gasteiger partial charge is 0.251 e. The molecule has 2 amide bonds. The lowest BCUT2D eigenvalue weighted by Crippen LogP contribution is -2.43. The SMILES string of the molecule is CCOc1c(CC(N)=O)cc([C@@](O)(CNC(=O)c2cc(Cl)c3ncc(C)cc3c2)C2CC2)nc1-c1ccc(F)c(F)c1Cl. The molecule has 5 rings (SSSR count). The van der Waals surface area contributed by atoms with E-state index >= 15 is 0 Å². The van der Waals surface area contributed by atoms with E-state index in [1.165, 1.54) is 18.2 Å². The van der Waals surface area contributed by atoms with Gasteiger partial charge in [0.2, 0.25) is 5.91 Å². The fourth-order valence-corrected chi connectivity index (χ4v) is 5.61. The number of hydrogen-bond acceptors (Lipinski definition) is 6. The number of nitrogens with two attached hydrogens (primary N) is 1. The lowest BCUT2D eigenvalue weighted by molar-refractivity contribution is -0.117. The molecule has 8 nitrogen and oxygen atoms in total. The first-order chi connectivity index (χ1) is 20.4. The van der Waals surface area contributed by atoms with Crippen LogP contribution in [0.5, 0.6) is 5.75 Å². The highest BCUT2D eigenvalue weighted by Gasteiger charge is 2.47. The van der Waals surface area contributed by atoms with Crippen LogP contribution in [0.1, 0.15) is 46.9 Å². The van der Waals surface area contributed by atoms with Crippen LogP contribution in [0.3, 0.4) is 0 Å². The molecule has 0 aliphatic heterocycles. The number of aliphatic hydroxyl groups is 1. The summed E-state index contributed by atoms with van der Waals surface area (Å²) in [5.74, 6) is -3.82. The van der Waals surface area contributed by atoms with Crippen molar-refractivity contribution in [2.45, 2.75) is 38.7 Å². The van der Waals surface area contributed by atoms with E-state index in [0.717, 1.165) is 11.6 Å². The van der Waals surface area contributed by atoms with Gasteiger partial charge in [-0.25, -0.2) is 13.8 Å². The van der Waals surface area contributed by atoms with Gasteiger partial charge in [-0.2, -0.15) is 0 Å². The van der Waals surface area contributed by atoms with Crippen molar-refractivity contribution in [2.24, 2.45) is 11.7 Å². The zero-order valence-corrected chi connectivity index (χ0v) is 24.8. The van der Waals surface area contributed by atoms with Crippen molar-refractivity contribution >= 4 is 45.9 Å². The molecule has 43 heavy (non-hydrogen) atoms. The van der Waals surface area contributed by atoms with Crippen molar-refractivity contribution in [2.75, 3.05) is 13.2 Å². The maximum atomic E-state index is 14.5. The molecule has 0 bridgehead atoms. The van der Waals surface area contributed by atoms with E-state index in [1.807, 2.05) is 13.0 Å². The van der Waals surface area contributed by atoms with Gasteiger partial charge in [0.15, 0.2) is 11.6 Å². The number of ether oxygens (including phenoxy) is 1. The number of nitrogens with zero attached hydrogens (tertiary/aromatic N) is 2. The summed E-state index contributed by atoms with van der Waals surface area (Å²) < 4.78 is 34.3. The molecule has 12 heteroatoms. The van der Waals surface area contributed by atoms with Gasteiger partial charge in [-0.3, -0.25) is 14.6 Å². The number of fused-ring (bicyclic) bond motifs is 1. The van der Waals surface area contributed by atoms with Crippen LogP contribution >= 0.6 is 23.2 Å². The number of amides is 2. The van der Waals surface area contributed by atoms with Crippen LogP contribution < -0.4 is 15.8 Å². The Hall–Kier alpha value is -3.86. The minimum atomic E-state index is -1.70. The second-order valence-electron chi connectivity index (χ2n) is 10.6. The molecule has 1 aliphatic carbocycles. The quantitative estimate of drug-likeness (QED) is 0.195. The predicted octanol–water partition coefficient (Wildman–Crippen LogP) is 5.64. The molecule has 1 fully saturated rings. The maximum absolute atomic E-state index is 14.5. The van der Waals surface area contributed by atoms with E-state index in [0.29, 0.717) is 28.8 Å². The number of halogens is 4. The summed E-state index contributed by atoms with van der Waals surface area (Å²) in [4.78, 5) is 34.3. The molecule has 1 saturated carbocycles. The third-order valence-corrected chi connectivity index (χ3v) is 8.00. The predicted molar refractivity (Wildman–Crippen MR) is 159 cm³/mol. The van der Waals surface area contributed by atoms with Crippen LogP contribution in [-0.4, -0.2) is 40.0 Å². The minimum Gasteiger partial charge on any atom is -0.491 e. The van der Waals surface area contributed by atoms with Crippen molar-refractivity contribution in [3.8, 4) is 17.0 Å². The average molecular weight is 629 g/mol. The molecular formula is C31H28Cl2F2N4O4. The summed E-state index contributed by atoms with van der Waals surface area (Å²) in [6.07, 6.45) is 2.66. The Kier molecular flexibility index (Phi) is 8.56. The third-order valence-electron chi connectivity index (χ3n) is 7.34. The molecule has 4 aromatic rings. The van der Waals surface area contributed by atoms with Gasteiger partial charge in [-0.1, -0.05) is 23.2 Å². The van der Waals surface area contributed by atoms with Crippen molar-refractivity contribution in [1.29, 1.82) is 0 Å². The molecule has 4 N–H and O–H groups in total. The van der Waals surface area contributed by atoms with Gasteiger partial charge >= 0.3 is 0 Å². The molecule has 2 heterocycles. The Balaban J connectivity index is 1.57. The van der Waals surface area contributed by atoms with Crippen LogP contribution in [0.2, 0.25) is 10.0 Å². The Morgan fingerprint density at radius 3 is 2.60 bits per heavy atom. The van der Waals surface area contributed by atoms with Gasteiger partial charge in [-0.05, 0) is 74.6 Å². The fourth-order valence-electron chi connectivity index (χ4n) is 5.09. The number of pyridine rings is 2. The van der Waals surface area contributed by atoms with Gasteiger partial charge in [0.25, 0.3) is 5.91 Å². The molecule has 1 aliphatic rings. The van der Waals surface area contributed by atoms with Crippen LogP contribution in [-0.2, 0) is 16.8 Å². The third kappa shape index (κ3) is 6.13. The highest BCUT2D eigenvalue weighted by molar-refractivity contribution is 6.35. The highest BCUT2D eigenvalue weighted by Crippen LogP contribution is 2.47. The summed E-state index contributed by atoms with van der Waals surface area (Å²) in [7, 11) is 0. The van der Waals surface area contributed by atoms with Crippen molar-refractivity contribution < 1.29 is 28.2 Å². The number of primary amides is 1. The first-order valence-corrected chi connectivity index (χ1v) is 14.3. The van der Waals surface area contributed by atoms with Gasteiger partial charge in [-0.15, -0.1) is 0 Å². The van der Waals surface area contributed by atoms with Crippen molar-refractivity contribution in [3.63, 3.8) is 0 Å². The van der Waals surface area contributed by atoms with Crippen molar-refractivity contribution in [1.82, 2.24) is 15.3 Å². The monoisotopic (exact) mass is 628 g/mol. The Morgan fingerprint density at radius 2 is 1.93 bits per heavy atom. The van der Waals surface area contributed by atoms with Gasteiger partial charge in [0, 0.05) is 28.3 Å². The Bertz CT molecular complexity index is 1770. The normalized spacial score (nSPS) is 14.4. The zero-order valence-electron chi connectivity index (χ0n) is 23.3. The summed E-state index contributed by atoms with van der Waals surface area (Å²) in [5, 5.41) is 15.3. The fraction of sp³-hybridized carbons (Fsp3) is 0.290. The largest absolute Gasteiger partial charge is 0.491 e. The number of aromatic nitrogens is 2. The number of carbonyl (C=O) groups is 2. The van der Waals surface area contributed by atoms with E-state index < -0.39 is 34.1 Å². The van der Waals surface area contributed by atoms with E-state index in [1.54, 1.807) is 19.2 Å². The number of nitrogens with one attached hydrogen (secondary N) is 1. The molecule has 2 aromatic heterocycles. The summed E-state index contributed by atoms with van der Waals surface area (Å²) in [6.45, 7) is 3.47. The number of hydrogen-bond donors (Lipinski definition) is 3. The number of rotatable bonds is 10. The standard InChI is InChI=1S/C31H28Cl2F2N4O4/c1-3-43-29-17(12-24(36)40)11-23(39-28(29)20-6-7-22(34)26(35)25(20)33)31(42,19-4-5-19)14-38-30(41)18-9-16-8-15(2)13-37-27(16)21(32)10-18/h6-11,13,19,42H,3-5,12,14H2,1-2H3,(H2,36,40)(H,38,41)/t31-/m1/s1. The van der Waals surface area contributed by atoms with E-state index in [-0.39, 0.29) is 59.3 Å². The Morgan fingerprint density at radius 1 is 1.19 bits per heavy atom. The highest BCUT2D eigenvalue weighted by atomic mass is 35.5. The van der Waals surface area contributed by atoms with Crippen LogP contribution in [0, 0.1) is 24.5 Å².